The molecule has 1 rings (SSSR count). The number of nitrogens with zero attached hydrogens (tertiary/aromatic N) is 1. The first-order chi connectivity index (χ1) is 7.95. The largest absolute Gasteiger partial charge is 0.466 e. The molecule has 17 heavy (non-hydrogen) atoms. The third-order valence-electron chi connectivity index (χ3n) is 2.24. The lowest BCUT2D eigenvalue weighted by Gasteiger charge is -2.06. The number of hydrogen-bond acceptors (Lipinski definition) is 4. The second kappa shape index (κ2) is 5.63. The molecule has 0 aliphatic rings. The number of carbonyl (C=O) groups is 1. The van der Waals surface area contributed by atoms with Crippen LogP contribution in [-0.2, 0) is 16.0 Å². The molecule has 0 fully saturated rings. The number of ether oxygens (including phenoxy) is 1. The molecule has 0 amide bonds. The minimum atomic E-state index is -0.573. The molecule has 5 nitrogen and oxygen atoms in total. The zero-order valence-electron chi connectivity index (χ0n) is 9.53. The van der Waals surface area contributed by atoms with Crippen molar-refractivity contribution in [2.45, 2.75) is 20.3 Å². The topological polar surface area (TPSA) is 69.4 Å². The summed E-state index contributed by atoms with van der Waals surface area (Å²) in [5.41, 5.74) is 1.09. The summed E-state index contributed by atoms with van der Waals surface area (Å²) >= 11 is 5.74. The van der Waals surface area contributed by atoms with Gasteiger partial charge in [0, 0.05) is 6.07 Å². The quantitative estimate of drug-likeness (QED) is 0.472. The van der Waals surface area contributed by atoms with Crippen LogP contribution in [0.4, 0.5) is 5.69 Å². The molecular formula is C11H12ClNO4. The molecule has 0 saturated carbocycles. The molecule has 0 heterocycles. The minimum Gasteiger partial charge on any atom is -0.466 e. The smallest absolute Gasteiger partial charge is 0.310 e. The summed E-state index contributed by atoms with van der Waals surface area (Å²) in [6.45, 7) is 3.73. The van der Waals surface area contributed by atoms with Gasteiger partial charge in [-0.15, -0.1) is 0 Å². The van der Waals surface area contributed by atoms with Crippen molar-refractivity contribution in [2.24, 2.45) is 0 Å². The molecule has 0 saturated heterocycles. The molecule has 0 atom stereocenters. The standard InChI is InChI=1S/C11H12ClNO4/c1-3-17-11(14)6-8-5-10(13(15)16)9(12)4-7(8)2/h4-5H,3,6H2,1-2H3. The molecule has 0 N–H and O–H groups in total. The first-order valence-electron chi connectivity index (χ1n) is 5.04. The van der Waals surface area contributed by atoms with Gasteiger partial charge in [-0.25, -0.2) is 0 Å². The zero-order chi connectivity index (χ0) is 13.0. The monoisotopic (exact) mass is 257 g/mol. The third kappa shape index (κ3) is 3.42. The maximum Gasteiger partial charge on any atom is 0.310 e. The van der Waals surface area contributed by atoms with Crippen LogP contribution in [0.1, 0.15) is 18.1 Å². The highest BCUT2D eigenvalue weighted by molar-refractivity contribution is 6.32. The van der Waals surface area contributed by atoms with Gasteiger partial charge in [0.05, 0.1) is 18.0 Å². The van der Waals surface area contributed by atoms with Gasteiger partial charge in [0.2, 0.25) is 0 Å². The lowest BCUT2D eigenvalue weighted by molar-refractivity contribution is -0.384. The molecule has 1 aromatic carbocycles. The number of hydrogen-bond donors (Lipinski definition) is 0. The Kier molecular flexibility index (Phi) is 4.45. The first-order valence-corrected chi connectivity index (χ1v) is 5.42. The van der Waals surface area contributed by atoms with Crippen molar-refractivity contribution in [3.63, 3.8) is 0 Å². The van der Waals surface area contributed by atoms with Gasteiger partial charge in [0.1, 0.15) is 5.02 Å². The van der Waals surface area contributed by atoms with Gasteiger partial charge in [-0.2, -0.15) is 0 Å². The Balaban J connectivity index is 3.03. The summed E-state index contributed by atoms with van der Waals surface area (Å²) in [5.74, 6) is -0.410. The van der Waals surface area contributed by atoms with E-state index in [4.69, 9.17) is 16.3 Å². The van der Waals surface area contributed by atoms with Gasteiger partial charge in [-0.3, -0.25) is 14.9 Å². The van der Waals surface area contributed by atoms with Gasteiger partial charge in [0.25, 0.3) is 5.69 Å². The van der Waals surface area contributed by atoms with Crippen molar-refractivity contribution in [3.05, 3.63) is 38.4 Å². The minimum absolute atomic E-state index is 0.0116. The Bertz CT molecular complexity index is 459. The predicted octanol–water partition coefficient (Wildman–Crippen LogP) is 2.66. The SMILES string of the molecule is CCOC(=O)Cc1cc([N+](=O)[O-])c(Cl)cc1C. The number of nitro groups is 1. The second-order valence-corrected chi connectivity index (χ2v) is 3.88. The number of nitro benzene ring substituents is 1. The molecular weight excluding hydrogens is 246 g/mol. The van der Waals surface area contributed by atoms with Crippen molar-refractivity contribution in [1.82, 2.24) is 0 Å². The van der Waals surface area contributed by atoms with Crippen molar-refractivity contribution in [2.75, 3.05) is 6.61 Å². The molecule has 0 spiro atoms. The lowest BCUT2D eigenvalue weighted by Crippen LogP contribution is -2.09. The number of esters is 1. The summed E-state index contributed by atoms with van der Waals surface area (Å²) in [6.07, 6.45) is 0.0116. The van der Waals surface area contributed by atoms with Crippen molar-refractivity contribution >= 4 is 23.3 Å². The van der Waals surface area contributed by atoms with Crippen molar-refractivity contribution < 1.29 is 14.5 Å². The molecule has 92 valence electrons. The molecule has 1 aromatic rings. The molecule has 0 unspecified atom stereocenters. The maximum absolute atomic E-state index is 11.3. The average Bonchev–Trinajstić information content (AvgIpc) is 2.21. The van der Waals surface area contributed by atoms with Crippen molar-refractivity contribution in [1.29, 1.82) is 0 Å². The average molecular weight is 258 g/mol. The fourth-order valence-electron chi connectivity index (χ4n) is 1.40. The van der Waals surface area contributed by atoms with Gasteiger partial charge < -0.3 is 4.74 Å². The first kappa shape index (κ1) is 13.4. The number of carbonyl (C=O) groups excluding carboxylic acids is 1. The molecule has 0 radical (unpaired) electrons. The van der Waals surface area contributed by atoms with E-state index in [0.29, 0.717) is 5.56 Å². The lowest BCUT2D eigenvalue weighted by atomic mass is 10.0. The van der Waals surface area contributed by atoms with E-state index in [2.05, 4.69) is 0 Å². The van der Waals surface area contributed by atoms with E-state index in [0.717, 1.165) is 5.56 Å². The van der Waals surface area contributed by atoms with Gasteiger partial charge >= 0.3 is 5.97 Å². The van der Waals surface area contributed by atoms with Crippen LogP contribution in [0.5, 0.6) is 0 Å². The molecule has 0 aliphatic heterocycles. The number of rotatable bonds is 4. The van der Waals surface area contributed by atoms with E-state index in [1.807, 2.05) is 0 Å². The summed E-state index contributed by atoms with van der Waals surface area (Å²) in [7, 11) is 0. The van der Waals surface area contributed by atoms with Crippen LogP contribution in [0.2, 0.25) is 5.02 Å². The van der Waals surface area contributed by atoms with E-state index in [-0.39, 0.29) is 23.7 Å². The second-order valence-electron chi connectivity index (χ2n) is 3.47. The highest BCUT2D eigenvalue weighted by atomic mass is 35.5. The van der Waals surface area contributed by atoms with Crippen LogP contribution in [-0.4, -0.2) is 17.5 Å². The zero-order valence-corrected chi connectivity index (χ0v) is 10.3. The molecule has 0 aromatic heterocycles. The highest BCUT2D eigenvalue weighted by Gasteiger charge is 2.17. The van der Waals surface area contributed by atoms with Crippen LogP contribution in [0.3, 0.4) is 0 Å². The van der Waals surface area contributed by atoms with Gasteiger partial charge in [-0.05, 0) is 31.0 Å². The Hall–Kier alpha value is -1.62. The van der Waals surface area contributed by atoms with Crippen molar-refractivity contribution in [3.8, 4) is 0 Å². The Morgan fingerprint density at radius 3 is 2.71 bits per heavy atom. The van der Waals surface area contributed by atoms with E-state index >= 15 is 0 Å². The summed E-state index contributed by atoms with van der Waals surface area (Å²) in [5, 5.41) is 10.8. The predicted molar refractivity (Wildman–Crippen MR) is 63.2 cm³/mol. The molecule has 0 bridgehead atoms. The summed E-state index contributed by atoms with van der Waals surface area (Å²) < 4.78 is 4.79. The number of benzene rings is 1. The maximum atomic E-state index is 11.3. The van der Waals surface area contributed by atoms with Gasteiger partial charge in [-0.1, -0.05) is 11.6 Å². The van der Waals surface area contributed by atoms with E-state index in [9.17, 15) is 14.9 Å². The molecule has 0 aliphatic carbocycles. The van der Waals surface area contributed by atoms with Crippen LogP contribution in [0.25, 0.3) is 0 Å². The Morgan fingerprint density at radius 2 is 2.18 bits per heavy atom. The van der Waals surface area contributed by atoms with Crippen LogP contribution >= 0.6 is 11.6 Å². The normalized spacial score (nSPS) is 10.1. The Morgan fingerprint density at radius 1 is 1.53 bits per heavy atom. The van der Waals surface area contributed by atoms with Crippen LogP contribution in [0.15, 0.2) is 12.1 Å². The number of halogens is 1. The van der Waals surface area contributed by atoms with E-state index < -0.39 is 10.9 Å². The molecule has 6 heteroatoms. The van der Waals surface area contributed by atoms with Crippen LogP contribution < -0.4 is 0 Å². The third-order valence-corrected chi connectivity index (χ3v) is 2.54. The van der Waals surface area contributed by atoms with Crippen LogP contribution in [0, 0.1) is 17.0 Å². The fraction of sp³-hybridized carbons (Fsp3) is 0.364. The summed E-state index contributed by atoms with van der Waals surface area (Å²) in [6, 6.07) is 2.79. The van der Waals surface area contributed by atoms with E-state index in [1.54, 1.807) is 13.8 Å². The Labute approximate surface area is 103 Å². The summed E-state index contributed by atoms with van der Waals surface area (Å²) in [4.78, 5) is 21.4. The van der Waals surface area contributed by atoms with E-state index in [1.165, 1.54) is 12.1 Å². The highest BCUT2D eigenvalue weighted by Crippen LogP contribution is 2.28. The van der Waals surface area contributed by atoms with Gasteiger partial charge in [0.15, 0.2) is 0 Å². The fourth-order valence-corrected chi connectivity index (χ4v) is 1.69. The number of aryl methyl sites for hydroxylation is 1.